The third kappa shape index (κ3) is 6.37. The van der Waals surface area contributed by atoms with E-state index in [2.05, 4.69) is 30.6 Å². The van der Waals surface area contributed by atoms with Crippen LogP contribution in [-0.2, 0) is 10.0 Å². The summed E-state index contributed by atoms with van der Waals surface area (Å²) in [7, 11) is -3.08. The van der Waals surface area contributed by atoms with Gasteiger partial charge in [-0.2, -0.15) is 4.31 Å². The molecule has 122 valence electrons. The number of unbranched alkanes of at least 4 members (excludes halogenated alkanes) is 2. The molecule has 0 radical (unpaired) electrons. The first-order valence-corrected chi connectivity index (χ1v) is 9.54. The number of rotatable bonds is 6. The molecule has 4 nitrogen and oxygen atoms in total. The summed E-state index contributed by atoms with van der Waals surface area (Å²) < 4.78 is 25.8. The molecule has 0 unspecified atom stereocenters. The van der Waals surface area contributed by atoms with Crippen LogP contribution in [-0.4, -0.2) is 55.6 Å². The summed E-state index contributed by atoms with van der Waals surface area (Å²) in [5.41, 5.74) is 0. The molecule has 0 amide bonds. The molecule has 0 aromatic rings. The van der Waals surface area contributed by atoms with Gasteiger partial charge in [-0.05, 0) is 33.2 Å². The topological polar surface area (TPSA) is 40.6 Å². The molecule has 0 aromatic heterocycles. The van der Waals surface area contributed by atoms with Crippen molar-refractivity contribution in [1.29, 1.82) is 0 Å². The summed E-state index contributed by atoms with van der Waals surface area (Å²) in [6.45, 7) is 11.7. The number of nitrogens with zero attached hydrogens (tertiary/aromatic N) is 2. The van der Waals surface area contributed by atoms with Gasteiger partial charge in [0.05, 0.1) is 5.25 Å². The lowest BCUT2D eigenvalue weighted by atomic mass is 10.2. The van der Waals surface area contributed by atoms with Crippen LogP contribution in [0.15, 0.2) is 0 Å². The van der Waals surface area contributed by atoms with Gasteiger partial charge in [0.25, 0.3) is 0 Å². The second kappa shape index (κ2) is 8.77. The lowest BCUT2D eigenvalue weighted by Gasteiger charge is -2.34. The zero-order valence-electron chi connectivity index (χ0n) is 13.9. The summed E-state index contributed by atoms with van der Waals surface area (Å²) in [5, 5.41) is -0.316. The Morgan fingerprint density at radius 2 is 1.62 bits per heavy atom. The fraction of sp³-hybridized carbons (Fsp3) is 0.875. The Labute approximate surface area is 130 Å². The third-order valence-corrected chi connectivity index (χ3v) is 5.98. The second-order valence-corrected chi connectivity index (χ2v) is 8.76. The summed E-state index contributed by atoms with van der Waals surface area (Å²) in [6.07, 6.45) is 3.24. The van der Waals surface area contributed by atoms with Crippen molar-refractivity contribution in [3.63, 3.8) is 0 Å². The van der Waals surface area contributed by atoms with Gasteiger partial charge in [0, 0.05) is 38.5 Å². The molecule has 1 aliphatic rings. The molecule has 1 aliphatic heterocycles. The van der Waals surface area contributed by atoms with E-state index < -0.39 is 10.0 Å². The van der Waals surface area contributed by atoms with Gasteiger partial charge in [-0.15, -0.1) is 11.8 Å². The average molecular weight is 314 g/mol. The van der Waals surface area contributed by atoms with Gasteiger partial charge in [-0.25, -0.2) is 8.42 Å². The molecule has 21 heavy (non-hydrogen) atoms. The predicted molar refractivity (Wildman–Crippen MR) is 88.5 cm³/mol. The van der Waals surface area contributed by atoms with Crippen LogP contribution in [0.25, 0.3) is 0 Å². The molecule has 0 N–H and O–H groups in total. The SMILES string of the molecule is CC(C)C#CCCCCN1CCN(S(=O)(=O)C(C)C)CC1. The Morgan fingerprint density at radius 1 is 1.00 bits per heavy atom. The molecule has 0 saturated carbocycles. The lowest BCUT2D eigenvalue weighted by Crippen LogP contribution is -2.50. The van der Waals surface area contributed by atoms with E-state index in [0.717, 1.165) is 38.9 Å². The zero-order valence-corrected chi connectivity index (χ0v) is 14.7. The smallest absolute Gasteiger partial charge is 0.216 e. The summed E-state index contributed by atoms with van der Waals surface area (Å²) in [5.74, 6) is 6.85. The first-order valence-electron chi connectivity index (χ1n) is 8.03. The molecule has 0 aromatic carbocycles. The summed E-state index contributed by atoms with van der Waals surface area (Å²) in [4.78, 5) is 2.36. The minimum atomic E-state index is -3.08. The largest absolute Gasteiger partial charge is 0.301 e. The van der Waals surface area contributed by atoms with Crippen molar-refractivity contribution in [3.8, 4) is 11.8 Å². The van der Waals surface area contributed by atoms with Crippen LogP contribution in [0.1, 0.15) is 47.0 Å². The molecular formula is C16H30N2O2S. The van der Waals surface area contributed by atoms with E-state index in [0.29, 0.717) is 19.0 Å². The second-order valence-electron chi connectivity index (χ2n) is 6.27. The molecule has 1 heterocycles. The summed E-state index contributed by atoms with van der Waals surface area (Å²) >= 11 is 0. The standard InChI is InChI=1S/C16H30N2O2S/c1-15(2)9-7-5-6-8-10-17-11-13-18(14-12-17)21(19,20)16(3)4/h15-16H,5-6,8,10-14H2,1-4H3. The van der Waals surface area contributed by atoms with E-state index >= 15 is 0 Å². The first kappa shape index (κ1) is 18.5. The quantitative estimate of drug-likeness (QED) is 0.557. The molecule has 0 spiro atoms. The van der Waals surface area contributed by atoms with Crippen LogP contribution < -0.4 is 0 Å². The maximum atomic E-state index is 12.1. The Morgan fingerprint density at radius 3 is 2.14 bits per heavy atom. The van der Waals surface area contributed by atoms with Crippen LogP contribution in [0, 0.1) is 17.8 Å². The van der Waals surface area contributed by atoms with E-state index in [1.807, 2.05) is 0 Å². The van der Waals surface area contributed by atoms with Crippen molar-refractivity contribution >= 4 is 10.0 Å². The lowest BCUT2D eigenvalue weighted by molar-refractivity contribution is 0.185. The van der Waals surface area contributed by atoms with E-state index in [1.165, 1.54) is 0 Å². The van der Waals surface area contributed by atoms with Crippen LogP contribution in [0.2, 0.25) is 0 Å². The maximum Gasteiger partial charge on any atom is 0.216 e. The highest BCUT2D eigenvalue weighted by atomic mass is 32.2. The third-order valence-electron chi connectivity index (χ3n) is 3.70. The highest BCUT2D eigenvalue weighted by molar-refractivity contribution is 7.89. The average Bonchev–Trinajstić information content (AvgIpc) is 2.42. The van der Waals surface area contributed by atoms with Crippen molar-refractivity contribution < 1.29 is 8.42 Å². The number of hydrogen-bond donors (Lipinski definition) is 0. The van der Waals surface area contributed by atoms with Crippen molar-refractivity contribution in [1.82, 2.24) is 9.21 Å². The van der Waals surface area contributed by atoms with E-state index in [9.17, 15) is 8.42 Å². The molecule has 0 aliphatic carbocycles. The van der Waals surface area contributed by atoms with Gasteiger partial charge in [-0.3, -0.25) is 0 Å². The fourth-order valence-electron chi connectivity index (χ4n) is 2.33. The number of sulfonamides is 1. The first-order chi connectivity index (χ1) is 9.84. The molecule has 5 heteroatoms. The Kier molecular flexibility index (Phi) is 7.72. The van der Waals surface area contributed by atoms with Crippen molar-refractivity contribution in [2.24, 2.45) is 5.92 Å². The highest BCUT2D eigenvalue weighted by Gasteiger charge is 2.28. The van der Waals surface area contributed by atoms with Gasteiger partial charge in [0.1, 0.15) is 0 Å². The van der Waals surface area contributed by atoms with Gasteiger partial charge in [0.15, 0.2) is 0 Å². The molecule has 0 atom stereocenters. The van der Waals surface area contributed by atoms with Crippen molar-refractivity contribution in [3.05, 3.63) is 0 Å². The molecule has 0 bridgehead atoms. The molecular weight excluding hydrogens is 284 g/mol. The predicted octanol–water partition coefficient (Wildman–Crippen LogP) is 2.17. The minimum absolute atomic E-state index is 0.316. The van der Waals surface area contributed by atoms with E-state index in [-0.39, 0.29) is 5.25 Å². The van der Waals surface area contributed by atoms with Gasteiger partial charge < -0.3 is 4.90 Å². The van der Waals surface area contributed by atoms with Crippen LogP contribution >= 0.6 is 0 Å². The van der Waals surface area contributed by atoms with Crippen molar-refractivity contribution in [2.75, 3.05) is 32.7 Å². The van der Waals surface area contributed by atoms with Crippen LogP contribution in [0.5, 0.6) is 0 Å². The Balaban J connectivity index is 2.21. The van der Waals surface area contributed by atoms with Crippen LogP contribution in [0.3, 0.4) is 0 Å². The summed E-state index contributed by atoms with van der Waals surface area (Å²) in [6, 6.07) is 0. The van der Waals surface area contributed by atoms with Crippen molar-refractivity contribution in [2.45, 2.75) is 52.2 Å². The molecule has 1 saturated heterocycles. The minimum Gasteiger partial charge on any atom is -0.301 e. The molecule has 1 rings (SSSR count). The monoisotopic (exact) mass is 314 g/mol. The highest BCUT2D eigenvalue weighted by Crippen LogP contribution is 2.12. The van der Waals surface area contributed by atoms with Gasteiger partial charge in [0.2, 0.25) is 10.0 Å². The Hall–Kier alpha value is -0.570. The Bertz CT molecular complexity index is 452. The van der Waals surface area contributed by atoms with Crippen LogP contribution in [0.4, 0.5) is 0 Å². The fourth-order valence-corrected chi connectivity index (χ4v) is 3.60. The molecule has 1 fully saturated rings. The number of piperazine rings is 1. The van der Waals surface area contributed by atoms with Gasteiger partial charge in [-0.1, -0.05) is 13.8 Å². The maximum absolute atomic E-state index is 12.1. The zero-order chi connectivity index (χ0) is 15.9. The van der Waals surface area contributed by atoms with Gasteiger partial charge >= 0.3 is 0 Å². The van der Waals surface area contributed by atoms with E-state index in [1.54, 1.807) is 18.2 Å². The number of hydrogen-bond acceptors (Lipinski definition) is 3. The van der Waals surface area contributed by atoms with E-state index in [4.69, 9.17) is 0 Å². The normalized spacial score (nSPS) is 18.0.